The quantitative estimate of drug-likeness (QED) is 0.563. The summed E-state index contributed by atoms with van der Waals surface area (Å²) >= 11 is 1.52. The minimum Gasteiger partial charge on any atom is -0.287 e. The molecule has 0 saturated carbocycles. The van der Waals surface area contributed by atoms with E-state index in [0.29, 0.717) is 17.2 Å². The molecule has 4 rings (SSSR count). The fraction of sp³-hybridized carbons (Fsp3) is 0.105. The van der Waals surface area contributed by atoms with E-state index in [1.54, 1.807) is 18.1 Å². The van der Waals surface area contributed by atoms with Crippen molar-refractivity contribution in [2.45, 2.75) is 6.54 Å². The number of carbonyl (C=O) groups is 1. The molecular weight excluding hydrogens is 332 g/mol. The van der Waals surface area contributed by atoms with E-state index in [4.69, 9.17) is 0 Å². The molecule has 0 aliphatic heterocycles. The molecule has 2 aromatic heterocycles. The number of hydrogen-bond donors (Lipinski definition) is 0. The molecule has 5 nitrogen and oxygen atoms in total. The van der Waals surface area contributed by atoms with Gasteiger partial charge in [-0.15, -0.1) is 0 Å². The van der Waals surface area contributed by atoms with Crippen molar-refractivity contribution in [1.82, 2.24) is 14.8 Å². The fourth-order valence-corrected chi connectivity index (χ4v) is 3.54. The second-order valence-electron chi connectivity index (χ2n) is 5.73. The molecule has 2 heterocycles. The van der Waals surface area contributed by atoms with Crippen LogP contribution in [0.5, 0.6) is 0 Å². The highest BCUT2D eigenvalue weighted by atomic mass is 32.1. The largest absolute Gasteiger partial charge is 0.287 e. The maximum Gasteiger partial charge on any atom is 0.259 e. The molecule has 0 spiro atoms. The van der Waals surface area contributed by atoms with Crippen LogP contribution >= 0.6 is 11.3 Å². The summed E-state index contributed by atoms with van der Waals surface area (Å²) in [5.74, 6) is -0.0651. The highest BCUT2D eigenvalue weighted by Crippen LogP contribution is 2.28. The highest BCUT2D eigenvalue weighted by Gasteiger charge is 2.17. The number of hydrogen-bond acceptors (Lipinski definition) is 4. The molecule has 0 aliphatic rings. The van der Waals surface area contributed by atoms with Gasteiger partial charge in [-0.3, -0.25) is 14.4 Å². The number of nitrogens with zero attached hydrogens (tertiary/aromatic N) is 4. The Morgan fingerprint density at radius 2 is 1.92 bits per heavy atom. The Labute approximate surface area is 149 Å². The van der Waals surface area contributed by atoms with Gasteiger partial charge in [0.2, 0.25) is 0 Å². The first-order valence-corrected chi connectivity index (χ1v) is 8.72. The van der Waals surface area contributed by atoms with Crippen LogP contribution in [0.2, 0.25) is 0 Å². The summed E-state index contributed by atoms with van der Waals surface area (Å²) in [4.78, 5) is 18.9. The van der Waals surface area contributed by atoms with Crippen molar-refractivity contribution in [3.63, 3.8) is 0 Å². The monoisotopic (exact) mass is 348 g/mol. The van der Waals surface area contributed by atoms with Gasteiger partial charge < -0.3 is 0 Å². The van der Waals surface area contributed by atoms with Gasteiger partial charge >= 0.3 is 0 Å². The average molecular weight is 348 g/mol. The average Bonchev–Trinajstić information content (AvgIpc) is 3.30. The first kappa shape index (κ1) is 15.5. The minimum absolute atomic E-state index is 0.0651. The van der Waals surface area contributed by atoms with E-state index in [1.807, 2.05) is 65.5 Å². The van der Waals surface area contributed by atoms with Gasteiger partial charge in [0.15, 0.2) is 5.13 Å². The SMILES string of the molecule is CN(C(=O)c1ccc(Cn2cccn2)cc1)c1nc2ccccc2s1. The van der Waals surface area contributed by atoms with Crippen molar-refractivity contribution >= 4 is 32.6 Å². The predicted molar refractivity (Wildman–Crippen MR) is 100 cm³/mol. The van der Waals surface area contributed by atoms with Crippen molar-refractivity contribution in [1.29, 1.82) is 0 Å². The molecule has 0 saturated heterocycles. The maximum absolute atomic E-state index is 12.7. The van der Waals surface area contributed by atoms with E-state index in [-0.39, 0.29) is 5.91 Å². The Bertz CT molecular complexity index is 973. The van der Waals surface area contributed by atoms with Crippen LogP contribution in [0.15, 0.2) is 67.0 Å². The number of thiazole rings is 1. The van der Waals surface area contributed by atoms with E-state index in [2.05, 4.69) is 10.1 Å². The molecule has 124 valence electrons. The molecule has 2 aromatic carbocycles. The summed E-state index contributed by atoms with van der Waals surface area (Å²) in [6, 6.07) is 17.4. The molecule has 0 fully saturated rings. The van der Waals surface area contributed by atoms with Gasteiger partial charge in [-0.25, -0.2) is 4.98 Å². The second kappa shape index (κ2) is 6.49. The number of fused-ring (bicyclic) bond motifs is 1. The molecule has 0 unspecified atom stereocenters. The molecule has 0 bridgehead atoms. The van der Waals surface area contributed by atoms with E-state index < -0.39 is 0 Å². The molecule has 0 N–H and O–H groups in total. The lowest BCUT2D eigenvalue weighted by Gasteiger charge is -2.14. The van der Waals surface area contributed by atoms with Gasteiger partial charge in [0, 0.05) is 25.0 Å². The molecule has 6 heteroatoms. The molecule has 1 amide bonds. The van der Waals surface area contributed by atoms with Crippen LogP contribution in [-0.4, -0.2) is 27.7 Å². The summed E-state index contributed by atoms with van der Waals surface area (Å²) in [5.41, 5.74) is 2.66. The van der Waals surface area contributed by atoms with Crippen LogP contribution in [-0.2, 0) is 6.54 Å². The number of para-hydroxylation sites is 1. The Morgan fingerprint density at radius 1 is 1.12 bits per heavy atom. The Balaban J connectivity index is 1.53. The van der Waals surface area contributed by atoms with Gasteiger partial charge in [0.1, 0.15) is 0 Å². The van der Waals surface area contributed by atoms with Crippen LogP contribution in [0.4, 0.5) is 5.13 Å². The normalized spacial score (nSPS) is 10.9. The van der Waals surface area contributed by atoms with Crippen molar-refractivity contribution in [2.75, 3.05) is 11.9 Å². The number of amides is 1. The van der Waals surface area contributed by atoms with E-state index >= 15 is 0 Å². The van der Waals surface area contributed by atoms with Crippen molar-refractivity contribution in [3.05, 3.63) is 78.1 Å². The Kier molecular flexibility index (Phi) is 4.03. The van der Waals surface area contributed by atoms with Gasteiger partial charge in [-0.1, -0.05) is 35.6 Å². The third kappa shape index (κ3) is 3.16. The summed E-state index contributed by atoms with van der Waals surface area (Å²) in [7, 11) is 1.76. The topological polar surface area (TPSA) is 51.0 Å². The Hall–Kier alpha value is -2.99. The fourth-order valence-electron chi connectivity index (χ4n) is 2.62. The standard InChI is InChI=1S/C19H16N4OS/c1-22(19-21-16-5-2-3-6-17(16)25-19)18(24)15-9-7-14(8-10-15)13-23-12-4-11-20-23/h2-12H,13H2,1H3. The van der Waals surface area contributed by atoms with Crippen molar-refractivity contribution in [3.8, 4) is 0 Å². The minimum atomic E-state index is -0.0651. The number of carbonyl (C=O) groups excluding carboxylic acids is 1. The van der Waals surface area contributed by atoms with Crippen LogP contribution in [0.25, 0.3) is 10.2 Å². The van der Waals surface area contributed by atoms with Gasteiger partial charge in [-0.05, 0) is 35.9 Å². The molecule has 0 aliphatic carbocycles. The zero-order chi connectivity index (χ0) is 17.2. The zero-order valence-electron chi connectivity index (χ0n) is 13.7. The first-order chi connectivity index (χ1) is 12.2. The highest BCUT2D eigenvalue weighted by molar-refractivity contribution is 7.22. The second-order valence-corrected chi connectivity index (χ2v) is 6.74. The summed E-state index contributed by atoms with van der Waals surface area (Å²) in [6.07, 6.45) is 3.67. The van der Waals surface area contributed by atoms with Crippen LogP contribution in [0, 0.1) is 0 Å². The smallest absolute Gasteiger partial charge is 0.259 e. The van der Waals surface area contributed by atoms with Gasteiger partial charge in [0.05, 0.1) is 16.8 Å². The molecule has 4 aromatic rings. The van der Waals surface area contributed by atoms with Crippen LogP contribution in [0.3, 0.4) is 0 Å². The van der Waals surface area contributed by atoms with E-state index in [0.717, 1.165) is 15.8 Å². The third-order valence-corrected chi connectivity index (χ3v) is 5.09. The van der Waals surface area contributed by atoms with E-state index in [1.165, 1.54) is 11.3 Å². The number of anilines is 1. The molecule has 0 atom stereocenters. The third-order valence-electron chi connectivity index (χ3n) is 3.98. The van der Waals surface area contributed by atoms with Gasteiger partial charge in [-0.2, -0.15) is 5.10 Å². The lowest BCUT2D eigenvalue weighted by Crippen LogP contribution is -2.26. The summed E-state index contributed by atoms with van der Waals surface area (Å²) < 4.78 is 2.93. The first-order valence-electron chi connectivity index (χ1n) is 7.91. The zero-order valence-corrected chi connectivity index (χ0v) is 14.5. The van der Waals surface area contributed by atoms with Gasteiger partial charge in [0.25, 0.3) is 5.91 Å². The molecular formula is C19H16N4OS. The number of benzene rings is 2. The van der Waals surface area contributed by atoms with Crippen LogP contribution < -0.4 is 4.90 Å². The van der Waals surface area contributed by atoms with E-state index in [9.17, 15) is 4.79 Å². The maximum atomic E-state index is 12.7. The summed E-state index contributed by atoms with van der Waals surface area (Å²) in [5, 5.41) is 4.89. The number of rotatable bonds is 4. The molecule has 25 heavy (non-hydrogen) atoms. The number of aromatic nitrogens is 3. The van der Waals surface area contributed by atoms with Crippen LogP contribution in [0.1, 0.15) is 15.9 Å². The molecule has 0 radical (unpaired) electrons. The van der Waals surface area contributed by atoms with Crippen molar-refractivity contribution in [2.24, 2.45) is 0 Å². The lowest BCUT2D eigenvalue weighted by molar-refractivity contribution is 0.0993. The van der Waals surface area contributed by atoms with Crippen molar-refractivity contribution < 1.29 is 4.79 Å². The predicted octanol–water partition coefficient (Wildman–Crippen LogP) is 3.82. The lowest BCUT2D eigenvalue weighted by atomic mass is 10.1. The Morgan fingerprint density at radius 3 is 2.64 bits per heavy atom. The summed E-state index contributed by atoms with van der Waals surface area (Å²) in [6.45, 7) is 0.690.